The predicted octanol–water partition coefficient (Wildman–Crippen LogP) is 7.22. The van der Waals surface area contributed by atoms with E-state index in [4.69, 9.17) is 18.9 Å². The lowest BCUT2D eigenvalue weighted by Gasteiger charge is -2.17. The van der Waals surface area contributed by atoms with E-state index in [9.17, 15) is 0 Å². The van der Waals surface area contributed by atoms with Crippen LogP contribution in [0.3, 0.4) is 0 Å². The lowest BCUT2D eigenvalue weighted by molar-refractivity contribution is -0.0674. The Kier molecular flexibility index (Phi) is 15.0. The molecule has 0 aliphatic rings. The normalized spacial score (nSPS) is 12.0. The molecule has 0 radical (unpaired) electrons. The van der Waals surface area contributed by atoms with Crippen molar-refractivity contribution in [2.24, 2.45) is 0 Å². The molecule has 2 rings (SSSR count). The van der Waals surface area contributed by atoms with Gasteiger partial charge in [-0.25, -0.2) is 9.97 Å². The van der Waals surface area contributed by atoms with Gasteiger partial charge >= 0.3 is 0 Å². The fourth-order valence-electron chi connectivity index (χ4n) is 3.58. The molecule has 0 amide bonds. The second-order valence-corrected chi connectivity index (χ2v) is 8.58. The number of aromatic nitrogens is 2. The third kappa shape index (κ3) is 11.8. The zero-order chi connectivity index (χ0) is 24.3. The molecule has 190 valence electrons. The second kappa shape index (κ2) is 18.2. The van der Waals surface area contributed by atoms with E-state index in [0.717, 1.165) is 25.0 Å². The molecular weight excluding hydrogens is 428 g/mol. The maximum Gasteiger partial charge on any atom is 0.197 e. The molecule has 0 aliphatic carbocycles. The Morgan fingerprint density at radius 2 is 1.38 bits per heavy atom. The van der Waals surface area contributed by atoms with Crippen LogP contribution in [0.2, 0.25) is 0 Å². The van der Waals surface area contributed by atoms with Crippen molar-refractivity contribution in [2.75, 3.05) is 26.4 Å². The Morgan fingerprint density at radius 3 is 2.09 bits per heavy atom. The number of unbranched alkanes of at least 4 members (excludes halogenated alkanes) is 8. The highest BCUT2D eigenvalue weighted by atomic mass is 16.7. The number of para-hydroxylation sites is 1. The summed E-state index contributed by atoms with van der Waals surface area (Å²) in [6.45, 7) is 8.94. The van der Waals surface area contributed by atoms with Crippen molar-refractivity contribution in [3.63, 3.8) is 0 Å². The van der Waals surface area contributed by atoms with Gasteiger partial charge in [0, 0.05) is 6.61 Å². The van der Waals surface area contributed by atoms with E-state index in [1.54, 1.807) is 12.4 Å². The fraction of sp³-hybridized carbons (Fsp3) is 0.643. The number of ether oxygens (including phenoxy) is 4. The monoisotopic (exact) mass is 472 g/mol. The van der Waals surface area contributed by atoms with Gasteiger partial charge in [0.25, 0.3) is 0 Å². The fourth-order valence-corrected chi connectivity index (χ4v) is 3.58. The van der Waals surface area contributed by atoms with Crippen LogP contribution in [0.15, 0.2) is 36.7 Å². The summed E-state index contributed by atoms with van der Waals surface area (Å²) in [5, 5.41) is 0. The molecule has 6 heteroatoms. The van der Waals surface area contributed by atoms with Crippen LogP contribution in [0.5, 0.6) is 11.5 Å². The smallest absolute Gasteiger partial charge is 0.197 e. The van der Waals surface area contributed by atoms with E-state index >= 15 is 0 Å². The summed E-state index contributed by atoms with van der Waals surface area (Å²) in [6, 6.07) is 7.77. The summed E-state index contributed by atoms with van der Waals surface area (Å²) in [5.74, 6) is 1.94. The Hall–Kier alpha value is -2.18. The largest absolute Gasteiger partial charge is 0.488 e. The molecule has 0 saturated heterocycles. The summed E-state index contributed by atoms with van der Waals surface area (Å²) in [5.41, 5.74) is 0.832. The molecule has 6 nitrogen and oxygen atoms in total. The average molecular weight is 473 g/mol. The Labute approximate surface area is 206 Å². The molecule has 0 bridgehead atoms. The van der Waals surface area contributed by atoms with Gasteiger partial charge in [0.15, 0.2) is 17.9 Å². The second-order valence-electron chi connectivity index (χ2n) is 8.58. The van der Waals surface area contributed by atoms with Crippen LogP contribution in [0.1, 0.15) is 85.0 Å². The molecule has 1 atom stereocenters. The van der Waals surface area contributed by atoms with Gasteiger partial charge in [-0.05, 0) is 31.9 Å². The average Bonchev–Trinajstić information content (AvgIpc) is 2.86. The van der Waals surface area contributed by atoms with Crippen molar-refractivity contribution in [3.05, 3.63) is 36.7 Å². The van der Waals surface area contributed by atoms with E-state index in [2.05, 4.69) is 23.8 Å². The highest BCUT2D eigenvalue weighted by molar-refractivity contribution is 5.63. The molecule has 34 heavy (non-hydrogen) atoms. The molecule has 0 spiro atoms. The van der Waals surface area contributed by atoms with Crippen LogP contribution in [0.4, 0.5) is 0 Å². The van der Waals surface area contributed by atoms with Gasteiger partial charge in [-0.3, -0.25) is 0 Å². The first-order chi connectivity index (χ1) is 16.7. The van der Waals surface area contributed by atoms with Crippen molar-refractivity contribution in [3.8, 4) is 22.9 Å². The molecular formula is C28H44N2O4. The van der Waals surface area contributed by atoms with E-state index in [1.165, 1.54) is 51.4 Å². The lowest BCUT2D eigenvalue weighted by atomic mass is 10.2. The third-order valence-corrected chi connectivity index (χ3v) is 5.54. The molecule has 1 aromatic carbocycles. The van der Waals surface area contributed by atoms with Crippen LogP contribution >= 0.6 is 0 Å². The molecule has 1 aromatic heterocycles. The molecule has 2 aromatic rings. The topological polar surface area (TPSA) is 62.7 Å². The number of hydrogen-bond acceptors (Lipinski definition) is 6. The number of benzene rings is 1. The quantitative estimate of drug-likeness (QED) is 0.150. The van der Waals surface area contributed by atoms with Gasteiger partial charge in [-0.15, -0.1) is 0 Å². The van der Waals surface area contributed by atoms with Gasteiger partial charge in [0.2, 0.25) is 0 Å². The summed E-state index contributed by atoms with van der Waals surface area (Å²) in [6.07, 6.45) is 15.3. The maximum absolute atomic E-state index is 6.04. The summed E-state index contributed by atoms with van der Waals surface area (Å²) < 4.78 is 23.2. The predicted molar refractivity (Wildman–Crippen MR) is 137 cm³/mol. The van der Waals surface area contributed by atoms with Crippen molar-refractivity contribution < 1.29 is 18.9 Å². The first kappa shape index (κ1) is 28.1. The minimum atomic E-state index is -0.332. The highest BCUT2D eigenvalue weighted by Gasteiger charge is 2.12. The third-order valence-electron chi connectivity index (χ3n) is 5.54. The van der Waals surface area contributed by atoms with Gasteiger partial charge < -0.3 is 18.9 Å². The Morgan fingerprint density at radius 1 is 0.735 bits per heavy atom. The first-order valence-electron chi connectivity index (χ1n) is 13.1. The van der Waals surface area contributed by atoms with Gasteiger partial charge in [-0.1, -0.05) is 77.3 Å². The van der Waals surface area contributed by atoms with Crippen LogP contribution in [0.25, 0.3) is 11.4 Å². The lowest BCUT2D eigenvalue weighted by Crippen LogP contribution is -2.17. The summed E-state index contributed by atoms with van der Waals surface area (Å²) in [7, 11) is 0. The molecule has 0 saturated carbocycles. The maximum atomic E-state index is 6.04. The van der Waals surface area contributed by atoms with Gasteiger partial charge in [-0.2, -0.15) is 0 Å². The van der Waals surface area contributed by atoms with Crippen molar-refractivity contribution in [1.82, 2.24) is 9.97 Å². The number of nitrogens with zero attached hydrogens (tertiary/aromatic N) is 2. The molecule has 0 aliphatic heterocycles. The van der Waals surface area contributed by atoms with E-state index in [0.29, 0.717) is 37.1 Å². The van der Waals surface area contributed by atoms with Gasteiger partial charge in [0.1, 0.15) is 12.4 Å². The van der Waals surface area contributed by atoms with Crippen LogP contribution in [0, 0.1) is 0 Å². The van der Waals surface area contributed by atoms with Crippen molar-refractivity contribution in [1.29, 1.82) is 0 Å². The summed E-state index contributed by atoms with van der Waals surface area (Å²) in [4.78, 5) is 8.96. The Balaban J connectivity index is 1.73. The number of hydrogen-bond donors (Lipinski definition) is 0. The standard InChI is InChI=1S/C28H44N2O4/c1-4-6-8-10-14-18-31-20-21-33-25-22-29-28(30-23-25)26-16-12-13-17-27(26)34-24(3)32-19-15-11-9-7-5-2/h12-13,16-17,22-24H,4-11,14-15,18-21H2,1-3H3. The Bertz CT molecular complexity index is 754. The van der Waals surface area contributed by atoms with Crippen molar-refractivity contribution >= 4 is 0 Å². The van der Waals surface area contributed by atoms with Crippen LogP contribution < -0.4 is 9.47 Å². The van der Waals surface area contributed by atoms with E-state index in [-0.39, 0.29) is 6.29 Å². The molecule has 1 heterocycles. The molecule has 0 N–H and O–H groups in total. The van der Waals surface area contributed by atoms with Crippen molar-refractivity contribution in [2.45, 2.75) is 91.3 Å². The first-order valence-corrected chi connectivity index (χ1v) is 13.1. The zero-order valence-corrected chi connectivity index (χ0v) is 21.5. The van der Waals surface area contributed by atoms with Crippen LogP contribution in [-0.4, -0.2) is 42.7 Å². The minimum absolute atomic E-state index is 0.332. The van der Waals surface area contributed by atoms with E-state index < -0.39 is 0 Å². The SMILES string of the molecule is CCCCCCCOCCOc1cnc(-c2ccccc2OC(C)OCCCCCCC)nc1. The molecule has 1 unspecified atom stereocenters. The minimum Gasteiger partial charge on any atom is -0.488 e. The van der Waals surface area contributed by atoms with E-state index in [1.807, 2.05) is 31.2 Å². The van der Waals surface area contributed by atoms with Gasteiger partial charge in [0.05, 0.1) is 31.2 Å². The summed E-state index contributed by atoms with van der Waals surface area (Å²) >= 11 is 0. The number of rotatable bonds is 20. The highest BCUT2D eigenvalue weighted by Crippen LogP contribution is 2.28. The molecule has 0 fully saturated rings. The van der Waals surface area contributed by atoms with Crippen LogP contribution in [-0.2, 0) is 9.47 Å². The zero-order valence-electron chi connectivity index (χ0n) is 21.5.